The number of aromatic nitrogens is 3. The summed E-state index contributed by atoms with van der Waals surface area (Å²) in [6.45, 7) is 6.83. The predicted octanol–water partition coefficient (Wildman–Crippen LogP) is 5.46. The zero-order valence-corrected chi connectivity index (χ0v) is 22.0. The molecule has 1 saturated heterocycles. The molecule has 0 unspecified atom stereocenters. The van der Waals surface area contributed by atoms with E-state index in [1.807, 2.05) is 36.4 Å². The molecule has 6 rings (SSSR count). The molecule has 1 aliphatic heterocycles. The molecule has 0 spiro atoms. The number of piperazine rings is 1. The second kappa shape index (κ2) is 11.0. The van der Waals surface area contributed by atoms with Crippen molar-refractivity contribution >= 4 is 22.7 Å². The zero-order chi connectivity index (χ0) is 25.9. The number of anilines is 1. The van der Waals surface area contributed by atoms with Gasteiger partial charge in [-0.25, -0.2) is 4.79 Å². The number of para-hydroxylation sites is 1. The van der Waals surface area contributed by atoms with E-state index >= 15 is 0 Å². The number of rotatable bonds is 6. The molecule has 4 aromatic rings. The van der Waals surface area contributed by atoms with Gasteiger partial charge in [-0.05, 0) is 84.3 Å². The lowest BCUT2D eigenvalue weighted by Gasteiger charge is -2.42. The second-order valence-corrected chi connectivity index (χ2v) is 10.6. The molecule has 0 bridgehead atoms. The molecule has 2 aliphatic rings. The Balaban J connectivity index is 1.04. The Morgan fingerprint density at radius 1 is 0.842 bits per heavy atom. The fourth-order valence-electron chi connectivity index (χ4n) is 5.97. The van der Waals surface area contributed by atoms with Gasteiger partial charge in [-0.15, -0.1) is 5.10 Å². The van der Waals surface area contributed by atoms with Crippen LogP contribution in [0.2, 0.25) is 0 Å². The van der Waals surface area contributed by atoms with Crippen molar-refractivity contribution < 1.29 is 9.63 Å². The fraction of sp³-hybridized carbons (Fsp3) is 0.387. The fourth-order valence-corrected chi connectivity index (χ4v) is 5.97. The molecule has 2 fully saturated rings. The Bertz CT molecular complexity index is 1370. The van der Waals surface area contributed by atoms with Crippen LogP contribution < -0.4 is 9.74 Å². The van der Waals surface area contributed by atoms with E-state index in [0.717, 1.165) is 49.3 Å². The maximum atomic E-state index is 12.7. The van der Waals surface area contributed by atoms with Gasteiger partial charge < -0.3 is 9.74 Å². The number of benzene rings is 3. The molecule has 38 heavy (non-hydrogen) atoms. The van der Waals surface area contributed by atoms with Crippen LogP contribution in [0.25, 0.3) is 22.2 Å². The van der Waals surface area contributed by atoms with Crippen LogP contribution in [-0.4, -0.2) is 58.2 Å². The van der Waals surface area contributed by atoms with Crippen molar-refractivity contribution in [3.8, 4) is 11.1 Å². The molecular weight excluding hydrogens is 474 g/mol. The van der Waals surface area contributed by atoms with Crippen LogP contribution in [0, 0.1) is 5.92 Å². The van der Waals surface area contributed by atoms with Crippen LogP contribution in [0.3, 0.4) is 0 Å². The van der Waals surface area contributed by atoms with Crippen LogP contribution in [-0.2, 0) is 0 Å². The highest BCUT2D eigenvalue weighted by Gasteiger charge is 2.27. The Morgan fingerprint density at radius 2 is 1.50 bits per heavy atom. The van der Waals surface area contributed by atoms with E-state index in [-0.39, 0.29) is 0 Å². The first-order valence-corrected chi connectivity index (χ1v) is 13.9. The standard InChI is InChI=1S/C31H35N5O2/c1-2-23-7-15-27(16-8-23)34-19-21-35(22-20-34)28-17-13-25(14-18-28)24-9-11-26(12-10-24)31(37)38-36-30-6-4-3-5-29(30)32-33-36/h3-6,9-14,17-18,23,27H,2,7-8,15-16,19-22H2,1H3/t23-,27+. The second-order valence-electron chi connectivity index (χ2n) is 10.6. The van der Waals surface area contributed by atoms with Gasteiger partial charge in [-0.3, -0.25) is 4.90 Å². The molecule has 0 atom stereocenters. The highest BCUT2D eigenvalue weighted by molar-refractivity contribution is 5.90. The van der Waals surface area contributed by atoms with Gasteiger partial charge in [0.2, 0.25) is 0 Å². The first-order valence-electron chi connectivity index (χ1n) is 13.9. The summed E-state index contributed by atoms with van der Waals surface area (Å²) in [6, 6.07) is 24.4. The van der Waals surface area contributed by atoms with Gasteiger partial charge in [0.25, 0.3) is 0 Å². The third kappa shape index (κ3) is 5.16. The number of fused-ring (bicyclic) bond motifs is 1. The average Bonchev–Trinajstić information content (AvgIpc) is 3.40. The molecule has 7 heteroatoms. The average molecular weight is 510 g/mol. The maximum Gasteiger partial charge on any atom is 0.365 e. The summed E-state index contributed by atoms with van der Waals surface area (Å²) in [4.78, 5) is 24.5. The van der Waals surface area contributed by atoms with Crippen LogP contribution in [0.5, 0.6) is 0 Å². The number of carbonyl (C=O) groups excluding carboxylic acids is 1. The number of hydrogen-bond donors (Lipinski definition) is 0. The van der Waals surface area contributed by atoms with E-state index < -0.39 is 5.97 Å². The van der Waals surface area contributed by atoms with Crippen molar-refractivity contribution in [3.63, 3.8) is 0 Å². The van der Waals surface area contributed by atoms with Gasteiger partial charge >= 0.3 is 5.97 Å². The summed E-state index contributed by atoms with van der Waals surface area (Å²) in [5.41, 5.74) is 5.26. The van der Waals surface area contributed by atoms with Crippen LogP contribution in [0.15, 0.2) is 72.8 Å². The van der Waals surface area contributed by atoms with Gasteiger partial charge in [-0.2, -0.15) is 0 Å². The molecule has 7 nitrogen and oxygen atoms in total. The molecule has 0 N–H and O–H groups in total. The number of hydrogen-bond acceptors (Lipinski definition) is 6. The van der Waals surface area contributed by atoms with Crippen molar-refractivity contribution in [1.82, 2.24) is 20.1 Å². The normalized spacial score (nSPS) is 20.5. The minimum Gasteiger partial charge on any atom is -0.369 e. The van der Waals surface area contributed by atoms with E-state index in [9.17, 15) is 4.79 Å². The summed E-state index contributed by atoms with van der Waals surface area (Å²) in [6.07, 6.45) is 6.91. The van der Waals surface area contributed by atoms with E-state index in [0.29, 0.717) is 16.6 Å². The zero-order valence-electron chi connectivity index (χ0n) is 22.0. The first kappa shape index (κ1) is 24.6. The minimum atomic E-state index is -0.472. The molecule has 1 aromatic heterocycles. The molecule has 196 valence electrons. The minimum absolute atomic E-state index is 0.464. The van der Waals surface area contributed by atoms with Crippen molar-refractivity contribution in [2.75, 3.05) is 31.1 Å². The van der Waals surface area contributed by atoms with Gasteiger partial charge in [0, 0.05) is 37.9 Å². The van der Waals surface area contributed by atoms with E-state index in [1.165, 1.54) is 42.6 Å². The quantitative estimate of drug-likeness (QED) is 0.322. The SMILES string of the molecule is CC[C@H]1CC[C@@H](N2CCN(c3ccc(-c4ccc(C(=O)On5nnc6ccccc65)cc4)cc3)CC2)CC1. The predicted molar refractivity (Wildman–Crippen MR) is 150 cm³/mol. The molecule has 0 radical (unpaired) electrons. The largest absolute Gasteiger partial charge is 0.369 e. The molecule has 1 saturated carbocycles. The summed E-state index contributed by atoms with van der Waals surface area (Å²) < 4.78 is 0. The van der Waals surface area contributed by atoms with Gasteiger partial charge in [-0.1, -0.05) is 54.6 Å². The van der Waals surface area contributed by atoms with Gasteiger partial charge in [0.05, 0.1) is 5.56 Å². The Morgan fingerprint density at radius 3 is 2.18 bits per heavy atom. The van der Waals surface area contributed by atoms with Crippen molar-refractivity contribution in [1.29, 1.82) is 0 Å². The third-order valence-corrected chi connectivity index (χ3v) is 8.40. The summed E-state index contributed by atoms with van der Waals surface area (Å²) in [5, 5.41) is 7.94. The lowest BCUT2D eigenvalue weighted by atomic mass is 9.84. The van der Waals surface area contributed by atoms with E-state index in [1.54, 1.807) is 12.1 Å². The monoisotopic (exact) mass is 509 g/mol. The Labute approximate surface area is 224 Å². The summed E-state index contributed by atoms with van der Waals surface area (Å²) >= 11 is 0. The lowest BCUT2D eigenvalue weighted by molar-refractivity contribution is 0.0409. The Hall–Kier alpha value is -3.71. The van der Waals surface area contributed by atoms with E-state index in [2.05, 4.69) is 51.3 Å². The molecule has 3 aromatic carbocycles. The molecule has 2 heterocycles. The van der Waals surface area contributed by atoms with E-state index in [4.69, 9.17) is 4.84 Å². The van der Waals surface area contributed by atoms with Crippen molar-refractivity contribution in [2.45, 2.75) is 45.1 Å². The number of nitrogens with zero attached hydrogens (tertiary/aromatic N) is 5. The number of carbonyl (C=O) groups is 1. The third-order valence-electron chi connectivity index (χ3n) is 8.40. The summed E-state index contributed by atoms with van der Waals surface area (Å²) in [7, 11) is 0. The smallest absolute Gasteiger partial charge is 0.365 e. The van der Waals surface area contributed by atoms with Crippen molar-refractivity contribution in [2.24, 2.45) is 5.92 Å². The first-order chi connectivity index (χ1) is 18.7. The van der Waals surface area contributed by atoms with Gasteiger partial charge in [0.15, 0.2) is 0 Å². The van der Waals surface area contributed by atoms with Gasteiger partial charge in [0.1, 0.15) is 11.0 Å². The highest BCUT2D eigenvalue weighted by atomic mass is 16.7. The molecule has 1 aliphatic carbocycles. The topological polar surface area (TPSA) is 63.5 Å². The highest BCUT2D eigenvalue weighted by Crippen LogP contribution is 2.31. The van der Waals surface area contributed by atoms with Crippen LogP contribution in [0.4, 0.5) is 5.69 Å². The van der Waals surface area contributed by atoms with Crippen LogP contribution in [0.1, 0.15) is 49.4 Å². The van der Waals surface area contributed by atoms with Crippen molar-refractivity contribution in [3.05, 3.63) is 78.4 Å². The Kier molecular flexibility index (Phi) is 7.10. The molecule has 0 amide bonds. The molecular formula is C31H35N5O2. The summed E-state index contributed by atoms with van der Waals surface area (Å²) in [5.74, 6) is 0.483. The van der Waals surface area contributed by atoms with Crippen LogP contribution >= 0.6 is 0 Å². The lowest BCUT2D eigenvalue weighted by Crippen LogP contribution is -2.51. The maximum absolute atomic E-state index is 12.7.